The molecule has 2 N–H and O–H groups in total. The van der Waals surface area contributed by atoms with Crippen LogP contribution in [0.15, 0.2) is 48.5 Å². The first-order chi connectivity index (χ1) is 10.7. The SMILES string of the molecule is N#Cc1ccc(NCCC(=O)Nc2cccc(C#N)c2)cc1. The van der Waals surface area contributed by atoms with Gasteiger partial charge in [0, 0.05) is 24.3 Å². The van der Waals surface area contributed by atoms with E-state index in [0.29, 0.717) is 29.8 Å². The van der Waals surface area contributed by atoms with Crippen LogP contribution in [0.1, 0.15) is 17.5 Å². The summed E-state index contributed by atoms with van der Waals surface area (Å²) in [4.78, 5) is 11.8. The first-order valence-electron chi connectivity index (χ1n) is 6.75. The molecule has 0 aliphatic carbocycles. The highest BCUT2D eigenvalue weighted by Gasteiger charge is 2.03. The molecule has 0 bridgehead atoms. The molecule has 0 spiro atoms. The van der Waals surface area contributed by atoms with E-state index in [2.05, 4.69) is 16.7 Å². The van der Waals surface area contributed by atoms with Gasteiger partial charge in [0.2, 0.25) is 5.91 Å². The number of carbonyl (C=O) groups excluding carboxylic acids is 1. The van der Waals surface area contributed by atoms with Gasteiger partial charge in [-0.2, -0.15) is 10.5 Å². The van der Waals surface area contributed by atoms with Crippen molar-refractivity contribution in [3.05, 3.63) is 59.7 Å². The van der Waals surface area contributed by atoms with Gasteiger partial charge in [0.05, 0.1) is 23.3 Å². The zero-order chi connectivity index (χ0) is 15.8. The van der Waals surface area contributed by atoms with Gasteiger partial charge in [-0.15, -0.1) is 0 Å². The highest BCUT2D eigenvalue weighted by atomic mass is 16.1. The van der Waals surface area contributed by atoms with Crippen LogP contribution in [0, 0.1) is 22.7 Å². The molecule has 5 heteroatoms. The lowest BCUT2D eigenvalue weighted by Crippen LogP contribution is -2.16. The minimum Gasteiger partial charge on any atom is -0.385 e. The van der Waals surface area contributed by atoms with Gasteiger partial charge < -0.3 is 10.6 Å². The lowest BCUT2D eigenvalue weighted by molar-refractivity contribution is -0.115. The Hall–Kier alpha value is -3.31. The number of hydrogen-bond acceptors (Lipinski definition) is 4. The third kappa shape index (κ3) is 4.36. The van der Waals surface area contributed by atoms with E-state index in [1.54, 1.807) is 48.5 Å². The van der Waals surface area contributed by atoms with Crippen LogP contribution in [0.3, 0.4) is 0 Å². The van der Waals surface area contributed by atoms with Crippen LogP contribution in [0.25, 0.3) is 0 Å². The zero-order valence-corrected chi connectivity index (χ0v) is 11.8. The van der Waals surface area contributed by atoms with Crippen molar-refractivity contribution in [3.63, 3.8) is 0 Å². The van der Waals surface area contributed by atoms with E-state index < -0.39 is 0 Å². The number of nitrogens with zero attached hydrogens (tertiary/aromatic N) is 2. The molecule has 0 fully saturated rings. The molecule has 0 saturated heterocycles. The Morgan fingerprint density at radius 1 is 0.955 bits per heavy atom. The average Bonchev–Trinajstić information content (AvgIpc) is 2.55. The second-order valence-corrected chi connectivity index (χ2v) is 4.61. The van der Waals surface area contributed by atoms with Crippen LogP contribution < -0.4 is 10.6 Å². The number of anilines is 2. The second kappa shape index (κ2) is 7.47. The first kappa shape index (κ1) is 15.1. The average molecular weight is 290 g/mol. The summed E-state index contributed by atoms with van der Waals surface area (Å²) in [5, 5.41) is 23.4. The van der Waals surface area contributed by atoms with Crippen LogP contribution in [-0.4, -0.2) is 12.5 Å². The van der Waals surface area contributed by atoms with E-state index in [1.807, 2.05) is 6.07 Å². The van der Waals surface area contributed by atoms with Gasteiger partial charge >= 0.3 is 0 Å². The number of benzene rings is 2. The van der Waals surface area contributed by atoms with Gasteiger partial charge in [-0.1, -0.05) is 6.07 Å². The van der Waals surface area contributed by atoms with Gasteiger partial charge in [-0.3, -0.25) is 4.79 Å². The molecular formula is C17H14N4O. The Kier molecular flexibility index (Phi) is 5.12. The molecule has 2 aromatic carbocycles. The van der Waals surface area contributed by atoms with Gasteiger partial charge in [0.25, 0.3) is 0 Å². The molecule has 108 valence electrons. The topological polar surface area (TPSA) is 88.7 Å². The summed E-state index contributed by atoms with van der Waals surface area (Å²) >= 11 is 0. The summed E-state index contributed by atoms with van der Waals surface area (Å²) < 4.78 is 0. The van der Waals surface area contributed by atoms with E-state index >= 15 is 0 Å². The molecule has 22 heavy (non-hydrogen) atoms. The van der Waals surface area contributed by atoms with Crippen molar-refractivity contribution < 1.29 is 4.79 Å². The number of carbonyl (C=O) groups is 1. The molecule has 2 aromatic rings. The van der Waals surface area contributed by atoms with Gasteiger partial charge in [0.1, 0.15) is 0 Å². The number of amides is 1. The van der Waals surface area contributed by atoms with E-state index in [-0.39, 0.29) is 5.91 Å². The zero-order valence-electron chi connectivity index (χ0n) is 11.8. The molecule has 0 unspecified atom stereocenters. The fourth-order valence-electron chi connectivity index (χ4n) is 1.87. The number of hydrogen-bond donors (Lipinski definition) is 2. The third-order valence-corrected chi connectivity index (χ3v) is 2.97. The lowest BCUT2D eigenvalue weighted by atomic mass is 10.2. The Balaban J connectivity index is 1.80. The van der Waals surface area contributed by atoms with Crippen molar-refractivity contribution in [1.29, 1.82) is 10.5 Å². The molecule has 0 aliphatic heterocycles. The van der Waals surface area contributed by atoms with E-state index in [9.17, 15) is 4.79 Å². The third-order valence-electron chi connectivity index (χ3n) is 2.97. The second-order valence-electron chi connectivity index (χ2n) is 4.61. The first-order valence-corrected chi connectivity index (χ1v) is 6.75. The van der Waals surface area contributed by atoms with Crippen LogP contribution in [-0.2, 0) is 4.79 Å². The van der Waals surface area contributed by atoms with Crippen LogP contribution in [0.4, 0.5) is 11.4 Å². The molecule has 0 aliphatic rings. The highest BCUT2D eigenvalue weighted by Crippen LogP contribution is 2.11. The smallest absolute Gasteiger partial charge is 0.226 e. The summed E-state index contributed by atoms with van der Waals surface area (Å²) in [7, 11) is 0. The number of nitrogens with one attached hydrogen (secondary N) is 2. The van der Waals surface area contributed by atoms with Crippen molar-refractivity contribution in [3.8, 4) is 12.1 Å². The highest BCUT2D eigenvalue weighted by molar-refractivity contribution is 5.91. The maximum Gasteiger partial charge on any atom is 0.226 e. The number of nitriles is 2. The Bertz CT molecular complexity index is 738. The Morgan fingerprint density at radius 3 is 2.36 bits per heavy atom. The molecular weight excluding hydrogens is 276 g/mol. The summed E-state index contributed by atoms with van der Waals surface area (Å²) in [6, 6.07) is 17.9. The van der Waals surface area contributed by atoms with Gasteiger partial charge in [-0.25, -0.2) is 0 Å². The Labute approximate surface area is 128 Å². The minimum atomic E-state index is -0.128. The minimum absolute atomic E-state index is 0.128. The van der Waals surface area contributed by atoms with Gasteiger partial charge in [-0.05, 0) is 42.5 Å². The molecule has 5 nitrogen and oxygen atoms in total. The van der Waals surface area contributed by atoms with Crippen molar-refractivity contribution >= 4 is 17.3 Å². The normalized spacial score (nSPS) is 9.36. The lowest BCUT2D eigenvalue weighted by Gasteiger charge is -2.07. The van der Waals surface area contributed by atoms with Crippen molar-refractivity contribution in [2.24, 2.45) is 0 Å². The maximum atomic E-state index is 11.8. The summed E-state index contributed by atoms with van der Waals surface area (Å²) in [5.74, 6) is -0.128. The molecule has 1 amide bonds. The van der Waals surface area contributed by atoms with Crippen LogP contribution >= 0.6 is 0 Å². The van der Waals surface area contributed by atoms with Gasteiger partial charge in [0.15, 0.2) is 0 Å². The molecule has 2 rings (SSSR count). The van der Waals surface area contributed by atoms with Crippen molar-refractivity contribution in [2.45, 2.75) is 6.42 Å². The summed E-state index contributed by atoms with van der Waals surface area (Å²) in [6.45, 7) is 0.482. The number of rotatable bonds is 5. The molecule has 0 saturated carbocycles. The van der Waals surface area contributed by atoms with Crippen LogP contribution in [0.5, 0.6) is 0 Å². The fourth-order valence-corrected chi connectivity index (χ4v) is 1.87. The van der Waals surface area contributed by atoms with E-state index in [1.165, 1.54) is 0 Å². The monoisotopic (exact) mass is 290 g/mol. The van der Waals surface area contributed by atoms with Crippen molar-refractivity contribution in [2.75, 3.05) is 17.2 Å². The molecule has 0 heterocycles. The Morgan fingerprint density at radius 2 is 1.68 bits per heavy atom. The standard InChI is InChI=1S/C17H14N4O/c18-11-13-4-6-15(7-5-13)20-9-8-17(22)21-16-3-1-2-14(10-16)12-19/h1-7,10,20H,8-9H2,(H,21,22). The molecule has 0 aromatic heterocycles. The quantitative estimate of drug-likeness (QED) is 0.886. The summed E-state index contributed by atoms with van der Waals surface area (Å²) in [6.07, 6.45) is 0.302. The molecule has 0 atom stereocenters. The van der Waals surface area contributed by atoms with Crippen LogP contribution in [0.2, 0.25) is 0 Å². The predicted octanol–water partition coefficient (Wildman–Crippen LogP) is 2.87. The molecule has 0 radical (unpaired) electrons. The van der Waals surface area contributed by atoms with E-state index in [0.717, 1.165) is 5.69 Å². The fraction of sp³-hybridized carbons (Fsp3) is 0.118. The maximum absolute atomic E-state index is 11.8. The largest absolute Gasteiger partial charge is 0.385 e. The predicted molar refractivity (Wildman–Crippen MR) is 84.1 cm³/mol. The van der Waals surface area contributed by atoms with Crippen molar-refractivity contribution in [1.82, 2.24) is 0 Å². The van der Waals surface area contributed by atoms with E-state index in [4.69, 9.17) is 10.5 Å². The summed E-state index contributed by atoms with van der Waals surface area (Å²) in [5.41, 5.74) is 2.58.